The number of carbonyl (C=O) groups excluding carboxylic acids is 3. The molecule has 1 spiro atoms. The van der Waals surface area contributed by atoms with Crippen LogP contribution in [0.4, 0.5) is 4.79 Å². The van der Waals surface area contributed by atoms with Gasteiger partial charge in [-0.2, -0.15) is 0 Å². The first kappa shape index (κ1) is 20.5. The maximum atomic E-state index is 13.4. The van der Waals surface area contributed by atoms with E-state index in [1.165, 1.54) is 10.5 Å². The molecule has 4 aliphatic rings. The van der Waals surface area contributed by atoms with Gasteiger partial charge in [0.05, 0.1) is 0 Å². The lowest BCUT2D eigenvalue weighted by atomic mass is 9.83. The molecule has 0 atom stereocenters. The Labute approximate surface area is 183 Å². The number of imide groups is 1. The number of nitrogens with one attached hydrogen (secondary N) is 1. The molecule has 0 bridgehead atoms. The summed E-state index contributed by atoms with van der Waals surface area (Å²) in [6, 6.07) is 10.0. The summed E-state index contributed by atoms with van der Waals surface area (Å²) in [5.41, 5.74) is 0.522. The van der Waals surface area contributed by atoms with Gasteiger partial charge in [0.15, 0.2) is 0 Å². The van der Waals surface area contributed by atoms with Crippen LogP contribution in [0.3, 0.4) is 0 Å². The van der Waals surface area contributed by atoms with Crippen molar-refractivity contribution in [3.8, 4) is 0 Å². The van der Waals surface area contributed by atoms with Crippen molar-refractivity contribution >= 4 is 17.8 Å². The van der Waals surface area contributed by atoms with E-state index in [9.17, 15) is 14.4 Å². The summed E-state index contributed by atoms with van der Waals surface area (Å²) in [6.45, 7) is 3.76. The van der Waals surface area contributed by atoms with Crippen LogP contribution in [-0.4, -0.2) is 70.3 Å². The maximum Gasteiger partial charge on any atom is 0.325 e. The topological polar surface area (TPSA) is 73.0 Å². The average Bonchev–Trinajstić information content (AvgIpc) is 2.99. The van der Waals surface area contributed by atoms with E-state index in [1.807, 2.05) is 23.1 Å². The van der Waals surface area contributed by atoms with Gasteiger partial charge < -0.3 is 10.2 Å². The van der Waals surface area contributed by atoms with Crippen molar-refractivity contribution in [2.75, 3.05) is 26.2 Å². The number of carbonyl (C=O) groups is 3. The normalized spacial score (nSPS) is 25.0. The first-order chi connectivity index (χ1) is 15.1. The van der Waals surface area contributed by atoms with E-state index in [4.69, 9.17) is 0 Å². The molecule has 7 nitrogen and oxygen atoms in total. The summed E-state index contributed by atoms with van der Waals surface area (Å²) in [5.74, 6) is 0.419. The minimum absolute atomic E-state index is 0.0550. The molecule has 0 radical (unpaired) electrons. The minimum Gasteiger partial charge on any atom is -0.342 e. The number of piperidine rings is 2. The zero-order chi connectivity index (χ0) is 21.4. The van der Waals surface area contributed by atoms with Gasteiger partial charge in [-0.1, -0.05) is 36.8 Å². The van der Waals surface area contributed by atoms with Crippen LogP contribution in [0.1, 0.15) is 50.5 Å². The lowest BCUT2D eigenvalue weighted by Crippen LogP contribution is -2.55. The standard InChI is InChI=1S/C24H32N4O3/c29-21(19-7-4-8-19)27-13-9-20(10-14-27)28-22(30)24(25-23(28)31)11-15-26(16-12-24)17-18-5-2-1-3-6-18/h1-3,5-6,19-20H,4,7-17H2,(H,25,31). The van der Waals surface area contributed by atoms with Crippen molar-refractivity contribution in [2.45, 2.75) is 63.1 Å². The summed E-state index contributed by atoms with van der Waals surface area (Å²) in [6.07, 6.45) is 5.85. The van der Waals surface area contributed by atoms with Gasteiger partial charge in [0.25, 0.3) is 5.91 Å². The molecule has 3 heterocycles. The number of amides is 4. The van der Waals surface area contributed by atoms with Crippen LogP contribution >= 0.6 is 0 Å². The van der Waals surface area contributed by atoms with Crippen LogP contribution in [-0.2, 0) is 16.1 Å². The van der Waals surface area contributed by atoms with E-state index in [0.717, 1.165) is 38.9 Å². The predicted octanol–water partition coefficient (Wildman–Crippen LogP) is 2.36. The third-order valence-electron chi connectivity index (χ3n) is 7.75. The van der Waals surface area contributed by atoms with Gasteiger partial charge >= 0.3 is 6.03 Å². The van der Waals surface area contributed by atoms with Gasteiger partial charge in [0.1, 0.15) is 5.54 Å². The highest BCUT2D eigenvalue weighted by Gasteiger charge is 2.54. The Balaban J connectivity index is 1.17. The quantitative estimate of drug-likeness (QED) is 0.753. The molecule has 3 aliphatic heterocycles. The lowest BCUT2D eigenvalue weighted by Gasteiger charge is -2.40. The zero-order valence-corrected chi connectivity index (χ0v) is 18.1. The Bertz CT molecular complexity index is 838. The second-order valence-electron chi connectivity index (χ2n) is 9.63. The molecule has 4 fully saturated rings. The van der Waals surface area contributed by atoms with Crippen LogP contribution in [0.15, 0.2) is 30.3 Å². The molecular formula is C24H32N4O3. The molecule has 0 unspecified atom stereocenters. The highest BCUT2D eigenvalue weighted by molar-refractivity contribution is 6.07. The predicted molar refractivity (Wildman–Crippen MR) is 116 cm³/mol. The van der Waals surface area contributed by atoms with E-state index in [2.05, 4.69) is 22.3 Å². The Hall–Kier alpha value is -2.41. The summed E-state index contributed by atoms with van der Waals surface area (Å²) < 4.78 is 0. The minimum atomic E-state index is -0.747. The van der Waals surface area contributed by atoms with Crippen molar-refractivity contribution in [3.63, 3.8) is 0 Å². The Morgan fingerprint density at radius 2 is 1.65 bits per heavy atom. The van der Waals surface area contributed by atoms with E-state index in [0.29, 0.717) is 38.8 Å². The molecule has 1 aromatic rings. The van der Waals surface area contributed by atoms with Gasteiger partial charge in [-0.3, -0.25) is 19.4 Å². The number of hydrogen-bond acceptors (Lipinski definition) is 4. The van der Waals surface area contributed by atoms with E-state index >= 15 is 0 Å². The largest absolute Gasteiger partial charge is 0.342 e. The van der Waals surface area contributed by atoms with Crippen molar-refractivity contribution in [2.24, 2.45) is 5.92 Å². The second kappa shape index (κ2) is 8.26. The Morgan fingerprint density at radius 3 is 2.26 bits per heavy atom. The fourth-order valence-corrected chi connectivity index (χ4v) is 5.50. The van der Waals surface area contributed by atoms with E-state index in [1.54, 1.807) is 0 Å². The third kappa shape index (κ3) is 3.84. The molecule has 31 heavy (non-hydrogen) atoms. The fourth-order valence-electron chi connectivity index (χ4n) is 5.50. The maximum absolute atomic E-state index is 13.4. The first-order valence-electron chi connectivity index (χ1n) is 11.8. The number of likely N-dealkylation sites (tertiary alicyclic amines) is 2. The fraction of sp³-hybridized carbons (Fsp3) is 0.625. The molecule has 1 saturated carbocycles. The van der Waals surface area contributed by atoms with Crippen LogP contribution in [0.5, 0.6) is 0 Å². The highest BCUT2D eigenvalue weighted by atomic mass is 16.2. The smallest absolute Gasteiger partial charge is 0.325 e. The SMILES string of the molecule is O=C(C1CCC1)N1CCC(N2C(=O)NC3(CCN(Cc4ccccc4)CC3)C2=O)CC1. The monoisotopic (exact) mass is 424 g/mol. The Morgan fingerprint density at radius 1 is 0.968 bits per heavy atom. The average molecular weight is 425 g/mol. The molecular weight excluding hydrogens is 392 g/mol. The number of benzene rings is 1. The first-order valence-corrected chi connectivity index (χ1v) is 11.8. The summed E-state index contributed by atoms with van der Waals surface area (Å²) in [7, 11) is 0. The van der Waals surface area contributed by atoms with Crippen molar-refractivity contribution in [1.82, 2.24) is 20.0 Å². The third-order valence-corrected chi connectivity index (χ3v) is 7.75. The summed E-state index contributed by atoms with van der Waals surface area (Å²) >= 11 is 0. The number of urea groups is 1. The molecule has 0 aromatic heterocycles. The van der Waals surface area contributed by atoms with Gasteiger partial charge in [-0.15, -0.1) is 0 Å². The van der Waals surface area contributed by atoms with E-state index < -0.39 is 5.54 Å². The molecule has 1 aliphatic carbocycles. The molecule has 1 aromatic carbocycles. The second-order valence-corrected chi connectivity index (χ2v) is 9.63. The molecule has 1 N–H and O–H groups in total. The van der Waals surface area contributed by atoms with Gasteiger partial charge in [-0.25, -0.2) is 4.79 Å². The number of rotatable bonds is 4. The highest BCUT2D eigenvalue weighted by Crippen LogP contribution is 2.34. The molecule has 3 saturated heterocycles. The summed E-state index contributed by atoms with van der Waals surface area (Å²) in [4.78, 5) is 44.5. The molecule has 5 rings (SSSR count). The van der Waals surface area contributed by atoms with Crippen molar-refractivity contribution in [1.29, 1.82) is 0 Å². The lowest BCUT2D eigenvalue weighted by molar-refractivity contribution is -0.140. The molecule has 166 valence electrons. The van der Waals surface area contributed by atoms with Gasteiger partial charge in [0, 0.05) is 44.7 Å². The van der Waals surface area contributed by atoms with E-state index in [-0.39, 0.29) is 29.8 Å². The van der Waals surface area contributed by atoms with Crippen LogP contribution < -0.4 is 5.32 Å². The molecule has 4 amide bonds. The van der Waals surface area contributed by atoms with Gasteiger partial charge in [0.2, 0.25) is 5.91 Å². The van der Waals surface area contributed by atoms with Crippen molar-refractivity contribution in [3.05, 3.63) is 35.9 Å². The van der Waals surface area contributed by atoms with Crippen LogP contribution in [0.25, 0.3) is 0 Å². The number of nitrogens with zero attached hydrogens (tertiary/aromatic N) is 3. The number of hydrogen-bond donors (Lipinski definition) is 1. The molecule has 7 heteroatoms. The van der Waals surface area contributed by atoms with Crippen LogP contribution in [0, 0.1) is 5.92 Å². The zero-order valence-electron chi connectivity index (χ0n) is 18.1. The van der Waals surface area contributed by atoms with Crippen molar-refractivity contribution < 1.29 is 14.4 Å². The van der Waals surface area contributed by atoms with Gasteiger partial charge in [-0.05, 0) is 44.1 Å². The summed E-state index contributed by atoms with van der Waals surface area (Å²) in [5, 5.41) is 3.05. The van der Waals surface area contributed by atoms with Crippen LogP contribution in [0.2, 0.25) is 0 Å². The Kier molecular flexibility index (Phi) is 5.46.